The molecular formula is C9H6BrClN2O2. The summed E-state index contributed by atoms with van der Waals surface area (Å²) in [5.41, 5.74) is 0.734. The van der Waals surface area contributed by atoms with Crippen molar-refractivity contribution in [3.05, 3.63) is 33.6 Å². The van der Waals surface area contributed by atoms with Gasteiger partial charge in [-0.25, -0.2) is 0 Å². The van der Waals surface area contributed by atoms with Crippen molar-refractivity contribution in [1.29, 1.82) is 0 Å². The molecule has 0 unspecified atom stereocenters. The van der Waals surface area contributed by atoms with Gasteiger partial charge in [0.2, 0.25) is 5.82 Å². The van der Waals surface area contributed by atoms with Crippen LogP contribution in [0.25, 0.3) is 11.4 Å². The number of hydrogen-bond donors (Lipinski definition) is 1. The first kappa shape index (κ1) is 10.6. The van der Waals surface area contributed by atoms with Gasteiger partial charge in [0, 0.05) is 15.1 Å². The molecule has 15 heavy (non-hydrogen) atoms. The smallest absolute Gasteiger partial charge is 0.252 e. The molecule has 2 rings (SSSR count). The maximum Gasteiger partial charge on any atom is 0.252 e. The van der Waals surface area contributed by atoms with Gasteiger partial charge in [-0.15, -0.1) is 0 Å². The van der Waals surface area contributed by atoms with E-state index < -0.39 is 0 Å². The van der Waals surface area contributed by atoms with Crippen molar-refractivity contribution < 1.29 is 9.63 Å². The van der Waals surface area contributed by atoms with Crippen molar-refractivity contribution in [2.24, 2.45) is 0 Å². The summed E-state index contributed by atoms with van der Waals surface area (Å²) in [6, 6.07) is 5.30. The standard InChI is InChI=1S/C9H6BrClN2O2/c10-6-1-5(2-7(11)3-6)9-12-8(4-14)15-13-9/h1-3,14H,4H2. The number of aliphatic hydroxyl groups excluding tert-OH is 1. The monoisotopic (exact) mass is 288 g/mol. The number of rotatable bonds is 2. The number of hydrogen-bond acceptors (Lipinski definition) is 4. The molecule has 78 valence electrons. The summed E-state index contributed by atoms with van der Waals surface area (Å²) in [7, 11) is 0. The first-order valence-corrected chi connectivity index (χ1v) is 5.26. The lowest BCUT2D eigenvalue weighted by Gasteiger charge is -1.97. The minimum Gasteiger partial charge on any atom is -0.387 e. The van der Waals surface area contributed by atoms with Gasteiger partial charge in [-0.3, -0.25) is 0 Å². The van der Waals surface area contributed by atoms with Crippen LogP contribution < -0.4 is 0 Å². The molecular weight excluding hydrogens is 283 g/mol. The van der Waals surface area contributed by atoms with Crippen LogP contribution >= 0.6 is 27.5 Å². The summed E-state index contributed by atoms with van der Waals surface area (Å²) in [6.07, 6.45) is 0. The second-order valence-electron chi connectivity index (χ2n) is 2.83. The van der Waals surface area contributed by atoms with Crippen LogP contribution in [0.15, 0.2) is 27.2 Å². The van der Waals surface area contributed by atoms with Crippen LogP contribution in [-0.2, 0) is 6.61 Å². The van der Waals surface area contributed by atoms with Crippen molar-refractivity contribution in [3.8, 4) is 11.4 Å². The molecule has 0 radical (unpaired) electrons. The third-order valence-electron chi connectivity index (χ3n) is 1.72. The fourth-order valence-corrected chi connectivity index (χ4v) is 1.98. The Morgan fingerprint density at radius 3 is 2.80 bits per heavy atom. The lowest BCUT2D eigenvalue weighted by atomic mass is 10.2. The van der Waals surface area contributed by atoms with E-state index in [9.17, 15) is 0 Å². The summed E-state index contributed by atoms with van der Waals surface area (Å²) >= 11 is 9.19. The molecule has 1 heterocycles. The molecule has 0 aliphatic carbocycles. The van der Waals surface area contributed by atoms with E-state index >= 15 is 0 Å². The molecule has 0 spiro atoms. The van der Waals surface area contributed by atoms with E-state index in [1.807, 2.05) is 6.07 Å². The number of halogens is 2. The van der Waals surface area contributed by atoms with Gasteiger partial charge in [-0.2, -0.15) is 4.98 Å². The summed E-state index contributed by atoms with van der Waals surface area (Å²) in [4.78, 5) is 3.97. The van der Waals surface area contributed by atoms with E-state index in [1.54, 1.807) is 12.1 Å². The van der Waals surface area contributed by atoms with Crippen LogP contribution in [0, 0.1) is 0 Å². The van der Waals surface area contributed by atoms with Crippen LogP contribution in [0.2, 0.25) is 5.02 Å². The highest BCUT2D eigenvalue weighted by molar-refractivity contribution is 9.10. The van der Waals surface area contributed by atoms with Gasteiger partial charge in [0.05, 0.1) is 0 Å². The molecule has 0 bridgehead atoms. The second kappa shape index (κ2) is 4.30. The lowest BCUT2D eigenvalue weighted by molar-refractivity contribution is 0.222. The number of aromatic nitrogens is 2. The molecule has 4 nitrogen and oxygen atoms in total. The highest BCUT2D eigenvalue weighted by Gasteiger charge is 2.08. The number of benzene rings is 1. The maximum absolute atomic E-state index is 8.78. The fourth-order valence-electron chi connectivity index (χ4n) is 1.12. The van der Waals surface area contributed by atoms with Crippen LogP contribution in [0.4, 0.5) is 0 Å². The molecule has 1 N–H and O–H groups in total. The predicted molar refractivity (Wildman–Crippen MR) is 58.4 cm³/mol. The van der Waals surface area contributed by atoms with Crippen LogP contribution in [0.5, 0.6) is 0 Å². The quantitative estimate of drug-likeness (QED) is 0.923. The molecule has 1 aromatic carbocycles. The molecule has 0 atom stereocenters. The Hall–Kier alpha value is -0.910. The van der Waals surface area contributed by atoms with Crippen LogP contribution in [-0.4, -0.2) is 15.2 Å². The molecule has 0 fully saturated rings. The zero-order valence-electron chi connectivity index (χ0n) is 7.44. The average molecular weight is 290 g/mol. The van der Waals surface area contributed by atoms with Gasteiger partial charge in [0.15, 0.2) is 0 Å². The minimum atomic E-state index is -0.269. The molecule has 2 aromatic rings. The molecule has 0 aliphatic heterocycles. The molecule has 0 amide bonds. The van der Waals surface area contributed by atoms with E-state index in [0.717, 1.165) is 10.0 Å². The van der Waals surface area contributed by atoms with Crippen molar-refractivity contribution >= 4 is 27.5 Å². The van der Waals surface area contributed by atoms with Crippen molar-refractivity contribution in [1.82, 2.24) is 10.1 Å². The molecule has 1 aromatic heterocycles. The Balaban J connectivity index is 2.44. The summed E-state index contributed by atoms with van der Waals surface area (Å²) in [5.74, 6) is 0.586. The van der Waals surface area contributed by atoms with Crippen LogP contribution in [0.1, 0.15) is 5.89 Å². The van der Waals surface area contributed by atoms with E-state index in [2.05, 4.69) is 26.1 Å². The Morgan fingerprint density at radius 2 is 2.20 bits per heavy atom. The van der Waals surface area contributed by atoms with Gasteiger partial charge >= 0.3 is 0 Å². The SMILES string of the molecule is OCc1nc(-c2cc(Cl)cc(Br)c2)no1. The Labute approximate surface area is 99.0 Å². The third kappa shape index (κ3) is 2.37. The van der Waals surface area contributed by atoms with E-state index in [4.69, 9.17) is 21.2 Å². The number of nitrogens with zero attached hydrogens (tertiary/aromatic N) is 2. The predicted octanol–water partition coefficient (Wildman–Crippen LogP) is 2.64. The first-order valence-electron chi connectivity index (χ1n) is 4.09. The Bertz CT molecular complexity index is 466. The van der Waals surface area contributed by atoms with Gasteiger partial charge < -0.3 is 9.63 Å². The largest absolute Gasteiger partial charge is 0.387 e. The first-order chi connectivity index (χ1) is 7.19. The highest BCUT2D eigenvalue weighted by Crippen LogP contribution is 2.25. The van der Waals surface area contributed by atoms with E-state index in [0.29, 0.717) is 10.8 Å². The van der Waals surface area contributed by atoms with Crippen molar-refractivity contribution in [3.63, 3.8) is 0 Å². The topological polar surface area (TPSA) is 59.2 Å². The van der Waals surface area contributed by atoms with Crippen LogP contribution in [0.3, 0.4) is 0 Å². The summed E-state index contributed by atoms with van der Waals surface area (Å²) in [5, 5.41) is 13.1. The Morgan fingerprint density at radius 1 is 1.40 bits per heavy atom. The van der Waals surface area contributed by atoms with Gasteiger partial charge in [0.25, 0.3) is 5.89 Å². The molecule has 0 saturated heterocycles. The molecule has 0 aliphatic rings. The number of aliphatic hydroxyl groups is 1. The third-order valence-corrected chi connectivity index (χ3v) is 2.40. The zero-order valence-corrected chi connectivity index (χ0v) is 9.79. The van der Waals surface area contributed by atoms with Gasteiger partial charge in [0.1, 0.15) is 6.61 Å². The van der Waals surface area contributed by atoms with E-state index in [1.165, 1.54) is 0 Å². The maximum atomic E-state index is 8.78. The summed E-state index contributed by atoms with van der Waals surface area (Å²) < 4.78 is 5.61. The molecule has 0 saturated carbocycles. The van der Waals surface area contributed by atoms with Gasteiger partial charge in [-0.05, 0) is 18.2 Å². The fraction of sp³-hybridized carbons (Fsp3) is 0.111. The highest BCUT2D eigenvalue weighted by atomic mass is 79.9. The molecule has 6 heteroatoms. The normalized spacial score (nSPS) is 10.6. The zero-order chi connectivity index (χ0) is 10.8. The summed E-state index contributed by atoms with van der Waals surface area (Å²) in [6.45, 7) is -0.269. The van der Waals surface area contributed by atoms with E-state index in [-0.39, 0.29) is 12.5 Å². The van der Waals surface area contributed by atoms with Gasteiger partial charge in [-0.1, -0.05) is 32.7 Å². The van der Waals surface area contributed by atoms with Crippen molar-refractivity contribution in [2.45, 2.75) is 6.61 Å². The average Bonchev–Trinajstić information content (AvgIpc) is 2.64. The minimum absolute atomic E-state index is 0.182. The lowest BCUT2D eigenvalue weighted by Crippen LogP contribution is -1.83. The van der Waals surface area contributed by atoms with Crippen molar-refractivity contribution in [2.75, 3.05) is 0 Å². The Kier molecular flexibility index (Phi) is 3.04. The second-order valence-corrected chi connectivity index (χ2v) is 4.18.